The fourth-order valence-corrected chi connectivity index (χ4v) is 4.57. The van der Waals surface area contributed by atoms with Gasteiger partial charge in [0.05, 0.1) is 0 Å². The van der Waals surface area contributed by atoms with Gasteiger partial charge in [0.1, 0.15) is 6.04 Å². The van der Waals surface area contributed by atoms with Crippen molar-refractivity contribution in [3.8, 4) is 0 Å². The molecule has 0 aromatic heterocycles. The van der Waals surface area contributed by atoms with Crippen molar-refractivity contribution in [1.82, 2.24) is 10.2 Å². The van der Waals surface area contributed by atoms with E-state index < -0.39 is 6.04 Å². The van der Waals surface area contributed by atoms with Crippen LogP contribution in [-0.4, -0.2) is 62.0 Å². The van der Waals surface area contributed by atoms with Crippen molar-refractivity contribution in [2.75, 3.05) is 49.1 Å². The maximum atomic E-state index is 12.9. The standard InChI is InChI=1S/C25H32N4O2/c1-2-24(30)29-22-12-7-6-9-20(22)19-23(29)25(31)26-13-8-14-27-15-17-28(18-16-27)21-10-4-3-5-11-21/h3-7,9-12,23H,2,8,13-19H2,1H3,(H,26,31)/t23-/m0/s1. The molecule has 2 aromatic carbocycles. The van der Waals surface area contributed by atoms with Crippen LogP contribution in [0, 0.1) is 0 Å². The molecule has 4 rings (SSSR count). The lowest BCUT2D eigenvalue weighted by atomic mass is 10.1. The van der Waals surface area contributed by atoms with Gasteiger partial charge in [-0.3, -0.25) is 19.4 Å². The van der Waals surface area contributed by atoms with Crippen molar-refractivity contribution in [3.63, 3.8) is 0 Å². The molecule has 31 heavy (non-hydrogen) atoms. The van der Waals surface area contributed by atoms with Gasteiger partial charge in [-0.2, -0.15) is 0 Å². The largest absolute Gasteiger partial charge is 0.369 e. The van der Waals surface area contributed by atoms with E-state index in [0.717, 1.165) is 50.4 Å². The van der Waals surface area contributed by atoms with Crippen LogP contribution in [0.1, 0.15) is 25.3 Å². The Labute approximate surface area is 184 Å². The van der Waals surface area contributed by atoms with Gasteiger partial charge >= 0.3 is 0 Å². The Morgan fingerprint density at radius 1 is 0.968 bits per heavy atom. The second-order valence-corrected chi connectivity index (χ2v) is 8.27. The summed E-state index contributed by atoms with van der Waals surface area (Å²) in [6, 6.07) is 18.0. The number of nitrogens with zero attached hydrogens (tertiary/aromatic N) is 3. The zero-order valence-corrected chi connectivity index (χ0v) is 18.3. The molecule has 0 radical (unpaired) electrons. The normalized spacial score (nSPS) is 18.7. The first kappa shape index (κ1) is 21.4. The third-order valence-corrected chi connectivity index (χ3v) is 6.29. The molecule has 2 heterocycles. The Bertz CT molecular complexity index is 893. The predicted molar refractivity (Wildman–Crippen MR) is 124 cm³/mol. The van der Waals surface area contributed by atoms with Crippen molar-refractivity contribution in [1.29, 1.82) is 0 Å². The molecule has 2 aromatic rings. The molecule has 0 unspecified atom stereocenters. The summed E-state index contributed by atoms with van der Waals surface area (Å²) in [6.45, 7) is 7.61. The number of fused-ring (bicyclic) bond motifs is 1. The van der Waals surface area contributed by atoms with Crippen LogP contribution in [0.25, 0.3) is 0 Å². The molecular weight excluding hydrogens is 388 g/mol. The molecule has 1 fully saturated rings. The number of rotatable bonds is 7. The maximum Gasteiger partial charge on any atom is 0.243 e. The van der Waals surface area contributed by atoms with Crippen LogP contribution in [-0.2, 0) is 16.0 Å². The Kier molecular flexibility index (Phi) is 6.87. The first-order valence-corrected chi connectivity index (χ1v) is 11.4. The van der Waals surface area contributed by atoms with Crippen LogP contribution in [0.3, 0.4) is 0 Å². The zero-order chi connectivity index (χ0) is 21.6. The average molecular weight is 421 g/mol. The summed E-state index contributed by atoms with van der Waals surface area (Å²) in [5.41, 5.74) is 3.24. The molecule has 0 aliphatic carbocycles. The van der Waals surface area contributed by atoms with E-state index in [1.54, 1.807) is 4.90 Å². The summed E-state index contributed by atoms with van der Waals surface area (Å²) in [4.78, 5) is 31.9. The van der Waals surface area contributed by atoms with Crippen LogP contribution in [0.2, 0.25) is 0 Å². The monoisotopic (exact) mass is 420 g/mol. The summed E-state index contributed by atoms with van der Waals surface area (Å²) < 4.78 is 0. The number of amides is 2. The van der Waals surface area contributed by atoms with Gasteiger partial charge in [-0.25, -0.2) is 0 Å². The van der Waals surface area contributed by atoms with Crippen molar-refractivity contribution >= 4 is 23.2 Å². The number of para-hydroxylation sites is 2. The lowest BCUT2D eigenvalue weighted by molar-refractivity contribution is -0.126. The first-order chi connectivity index (χ1) is 15.2. The Morgan fingerprint density at radius 2 is 1.68 bits per heavy atom. The molecule has 0 saturated carbocycles. The van der Waals surface area contributed by atoms with Gasteiger partial charge in [-0.05, 0) is 36.7 Å². The SMILES string of the molecule is CCC(=O)N1c2ccccc2C[C@H]1C(=O)NCCCN1CCN(c2ccccc2)CC1. The minimum atomic E-state index is -0.431. The minimum Gasteiger partial charge on any atom is -0.369 e. The van der Waals surface area contributed by atoms with Crippen LogP contribution >= 0.6 is 0 Å². The fraction of sp³-hybridized carbons (Fsp3) is 0.440. The van der Waals surface area contributed by atoms with Crippen molar-refractivity contribution < 1.29 is 9.59 Å². The van der Waals surface area contributed by atoms with Crippen LogP contribution in [0.15, 0.2) is 54.6 Å². The summed E-state index contributed by atoms with van der Waals surface area (Å²) in [5.74, 6) is -0.0479. The Morgan fingerprint density at radius 3 is 2.42 bits per heavy atom. The second-order valence-electron chi connectivity index (χ2n) is 8.27. The van der Waals surface area contributed by atoms with Gasteiger partial charge < -0.3 is 10.2 Å². The van der Waals surface area contributed by atoms with Crippen molar-refractivity contribution in [2.45, 2.75) is 32.2 Å². The number of hydrogen-bond donors (Lipinski definition) is 1. The van der Waals surface area contributed by atoms with E-state index in [-0.39, 0.29) is 11.8 Å². The summed E-state index contributed by atoms with van der Waals surface area (Å²) in [7, 11) is 0. The van der Waals surface area contributed by atoms with Crippen molar-refractivity contribution in [2.24, 2.45) is 0 Å². The number of piperazine rings is 1. The molecule has 1 N–H and O–H groups in total. The number of anilines is 2. The van der Waals surface area contributed by atoms with E-state index in [1.165, 1.54) is 5.69 Å². The number of carbonyl (C=O) groups is 2. The number of nitrogens with one attached hydrogen (secondary N) is 1. The molecule has 2 aliphatic rings. The smallest absolute Gasteiger partial charge is 0.243 e. The topological polar surface area (TPSA) is 55.9 Å². The molecular formula is C25H32N4O2. The molecule has 0 spiro atoms. The average Bonchev–Trinajstić information content (AvgIpc) is 3.22. The quantitative estimate of drug-likeness (QED) is 0.700. The highest BCUT2D eigenvalue weighted by atomic mass is 16.2. The van der Waals surface area contributed by atoms with Gasteiger partial charge in [-0.15, -0.1) is 0 Å². The third kappa shape index (κ3) is 4.90. The second kappa shape index (κ2) is 9.96. The van der Waals surface area contributed by atoms with E-state index >= 15 is 0 Å². The summed E-state index contributed by atoms with van der Waals surface area (Å²) >= 11 is 0. The van der Waals surface area contributed by atoms with Crippen LogP contribution in [0.5, 0.6) is 0 Å². The van der Waals surface area contributed by atoms with E-state index in [2.05, 4.69) is 45.4 Å². The Balaban J connectivity index is 1.22. The van der Waals surface area contributed by atoms with E-state index in [1.807, 2.05) is 31.2 Å². The lowest BCUT2D eigenvalue weighted by Gasteiger charge is -2.36. The Hall–Kier alpha value is -2.86. The summed E-state index contributed by atoms with van der Waals surface area (Å²) in [6.07, 6.45) is 1.90. The maximum absolute atomic E-state index is 12.9. The van der Waals surface area contributed by atoms with E-state index in [4.69, 9.17) is 0 Å². The van der Waals surface area contributed by atoms with E-state index in [0.29, 0.717) is 19.4 Å². The van der Waals surface area contributed by atoms with Gasteiger partial charge in [0, 0.05) is 56.9 Å². The molecule has 1 atom stereocenters. The molecule has 2 aliphatic heterocycles. The van der Waals surface area contributed by atoms with Gasteiger partial charge in [-0.1, -0.05) is 43.3 Å². The molecule has 6 nitrogen and oxygen atoms in total. The molecule has 2 amide bonds. The van der Waals surface area contributed by atoms with Gasteiger partial charge in [0.2, 0.25) is 11.8 Å². The van der Waals surface area contributed by atoms with Gasteiger partial charge in [0.25, 0.3) is 0 Å². The lowest BCUT2D eigenvalue weighted by Crippen LogP contribution is -2.49. The molecule has 164 valence electrons. The first-order valence-electron chi connectivity index (χ1n) is 11.4. The van der Waals surface area contributed by atoms with Crippen molar-refractivity contribution in [3.05, 3.63) is 60.2 Å². The minimum absolute atomic E-state index is 0.00128. The van der Waals surface area contributed by atoms with E-state index in [9.17, 15) is 9.59 Å². The zero-order valence-electron chi connectivity index (χ0n) is 18.3. The molecule has 6 heteroatoms. The van der Waals surface area contributed by atoms with Crippen LogP contribution in [0.4, 0.5) is 11.4 Å². The highest BCUT2D eigenvalue weighted by Gasteiger charge is 2.37. The van der Waals surface area contributed by atoms with Gasteiger partial charge in [0.15, 0.2) is 0 Å². The number of hydrogen-bond acceptors (Lipinski definition) is 4. The highest BCUT2D eigenvalue weighted by molar-refractivity contribution is 6.03. The van der Waals surface area contributed by atoms with Crippen LogP contribution < -0.4 is 15.1 Å². The number of benzene rings is 2. The predicted octanol–water partition coefficient (Wildman–Crippen LogP) is 2.68. The summed E-state index contributed by atoms with van der Waals surface area (Å²) in [5, 5.41) is 3.07. The fourth-order valence-electron chi connectivity index (χ4n) is 4.57. The third-order valence-electron chi connectivity index (χ3n) is 6.29. The highest BCUT2D eigenvalue weighted by Crippen LogP contribution is 2.32. The molecule has 1 saturated heterocycles. The molecule has 0 bridgehead atoms. The number of carbonyl (C=O) groups excluding carboxylic acids is 2.